The Hall–Kier alpha value is -0.480. The van der Waals surface area contributed by atoms with Crippen LogP contribution < -0.4 is 5.32 Å². The van der Waals surface area contributed by atoms with Crippen LogP contribution >= 0.6 is 0 Å². The van der Waals surface area contributed by atoms with E-state index in [2.05, 4.69) is 32.0 Å². The molecule has 3 atom stereocenters. The first-order chi connectivity index (χ1) is 8.19. The minimum Gasteiger partial charge on any atom is -0.316 e. The van der Waals surface area contributed by atoms with Crippen LogP contribution in [-0.4, -0.2) is 13.1 Å². The minimum absolute atomic E-state index is 0.755. The third-order valence-electron chi connectivity index (χ3n) is 4.34. The quantitative estimate of drug-likeness (QED) is 0.547. The van der Waals surface area contributed by atoms with E-state index < -0.39 is 0 Å². The molecule has 1 aliphatic rings. The maximum atomic E-state index is 5.53. The first-order valence-electron chi connectivity index (χ1n) is 7.33. The van der Waals surface area contributed by atoms with Gasteiger partial charge in [-0.25, -0.2) is 0 Å². The SMILES string of the molecule is C#CCC1CC(C(C)C)CCC1CNCCC. The number of hydrogen-bond donors (Lipinski definition) is 1. The molecule has 0 aromatic carbocycles. The Morgan fingerprint density at radius 3 is 2.65 bits per heavy atom. The van der Waals surface area contributed by atoms with E-state index in [0.717, 1.165) is 36.6 Å². The van der Waals surface area contributed by atoms with Gasteiger partial charge in [-0.1, -0.05) is 20.8 Å². The molecule has 1 N–H and O–H groups in total. The average molecular weight is 235 g/mol. The van der Waals surface area contributed by atoms with Crippen molar-refractivity contribution >= 4 is 0 Å². The fraction of sp³-hybridized carbons (Fsp3) is 0.875. The molecule has 1 aliphatic carbocycles. The van der Waals surface area contributed by atoms with Crippen LogP contribution in [0, 0.1) is 36.0 Å². The van der Waals surface area contributed by atoms with E-state index >= 15 is 0 Å². The molecule has 0 aromatic heterocycles. The molecule has 0 spiro atoms. The van der Waals surface area contributed by atoms with Crippen LogP contribution in [-0.2, 0) is 0 Å². The largest absolute Gasteiger partial charge is 0.316 e. The van der Waals surface area contributed by atoms with Gasteiger partial charge in [0.05, 0.1) is 0 Å². The van der Waals surface area contributed by atoms with Gasteiger partial charge in [0.15, 0.2) is 0 Å². The lowest BCUT2D eigenvalue weighted by molar-refractivity contribution is 0.148. The Morgan fingerprint density at radius 2 is 2.06 bits per heavy atom. The third-order valence-corrected chi connectivity index (χ3v) is 4.34. The molecule has 1 fully saturated rings. The summed E-state index contributed by atoms with van der Waals surface area (Å²) in [5.74, 6) is 6.18. The second kappa shape index (κ2) is 7.77. The van der Waals surface area contributed by atoms with Crippen LogP contribution in [0.3, 0.4) is 0 Å². The molecule has 0 radical (unpaired) electrons. The summed E-state index contributed by atoms with van der Waals surface area (Å²) in [6, 6.07) is 0. The maximum absolute atomic E-state index is 5.53. The number of rotatable bonds is 6. The first kappa shape index (κ1) is 14.6. The molecule has 1 heteroatoms. The summed E-state index contributed by atoms with van der Waals surface area (Å²) >= 11 is 0. The standard InChI is InChI=1S/C16H29N/c1-5-7-15-11-14(13(3)4)8-9-16(15)12-17-10-6-2/h1,13-17H,6-12H2,2-4H3. The fourth-order valence-electron chi connectivity index (χ4n) is 3.10. The van der Waals surface area contributed by atoms with Gasteiger partial charge in [-0.15, -0.1) is 12.3 Å². The number of hydrogen-bond acceptors (Lipinski definition) is 1. The molecule has 0 heterocycles. The fourth-order valence-corrected chi connectivity index (χ4v) is 3.10. The molecule has 1 nitrogen and oxygen atoms in total. The molecule has 17 heavy (non-hydrogen) atoms. The maximum Gasteiger partial charge on any atom is 0.0118 e. The van der Waals surface area contributed by atoms with Crippen molar-refractivity contribution in [2.75, 3.05) is 13.1 Å². The molecule has 3 unspecified atom stereocenters. The zero-order valence-corrected chi connectivity index (χ0v) is 11.8. The Kier molecular flexibility index (Phi) is 6.66. The summed E-state index contributed by atoms with van der Waals surface area (Å²) in [5, 5.41) is 3.57. The molecule has 0 bridgehead atoms. The van der Waals surface area contributed by atoms with E-state index in [-0.39, 0.29) is 0 Å². The first-order valence-corrected chi connectivity index (χ1v) is 7.33. The summed E-state index contributed by atoms with van der Waals surface area (Å²) in [6.45, 7) is 9.25. The van der Waals surface area contributed by atoms with E-state index in [4.69, 9.17) is 6.42 Å². The highest BCUT2D eigenvalue weighted by atomic mass is 14.9. The molecule has 0 aliphatic heterocycles. The highest BCUT2D eigenvalue weighted by Crippen LogP contribution is 2.38. The lowest BCUT2D eigenvalue weighted by atomic mass is 9.69. The Morgan fingerprint density at radius 1 is 1.29 bits per heavy atom. The molecule has 1 rings (SSSR count). The summed E-state index contributed by atoms with van der Waals surface area (Å²) in [4.78, 5) is 0. The second-order valence-corrected chi connectivity index (χ2v) is 5.95. The molecule has 98 valence electrons. The van der Waals surface area contributed by atoms with Gasteiger partial charge in [-0.3, -0.25) is 0 Å². The lowest BCUT2D eigenvalue weighted by Gasteiger charge is -2.37. The Bertz CT molecular complexity index is 238. The van der Waals surface area contributed by atoms with Crippen molar-refractivity contribution in [3.05, 3.63) is 0 Å². The van der Waals surface area contributed by atoms with Gasteiger partial charge >= 0.3 is 0 Å². The van der Waals surface area contributed by atoms with Crippen molar-refractivity contribution in [1.82, 2.24) is 5.32 Å². The van der Waals surface area contributed by atoms with Crippen LogP contribution in [0.5, 0.6) is 0 Å². The predicted molar refractivity (Wildman–Crippen MR) is 75.8 cm³/mol. The van der Waals surface area contributed by atoms with E-state index in [1.165, 1.54) is 32.2 Å². The highest BCUT2D eigenvalue weighted by Gasteiger charge is 2.30. The average Bonchev–Trinajstić information content (AvgIpc) is 2.31. The normalized spacial score (nSPS) is 29.2. The van der Waals surface area contributed by atoms with Gasteiger partial charge in [-0.05, 0) is 62.4 Å². The van der Waals surface area contributed by atoms with Crippen LogP contribution in [0.25, 0.3) is 0 Å². The number of terminal acetylenes is 1. The third kappa shape index (κ3) is 4.72. The van der Waals surface area contributed by atoms with Gasteiger partial charge in [0.1, 0.15) is 0 Å². The monoisotopic (exact) mass is 235 g/mol. The van der Waals surface area contributed by atoms with E-state index in [1.54, 1.807) is 0 Å². The zero-order valence-electron chi connectivity index (χ0n) is 11.8. The van der Waals surface area contributed by atoms with E-state index in [0.29, 0.717) is 0 Å². The van der Waals surface area contributed by atoms with Gasteiger partial charge in [0.25, 0.3) is 0 Å². The van der Waals surface area contributed by atoms with Crippen LogP contribution in [0.1, 0.15) is 52.9 Å². The van der Waals surface area contributed by atoms with Crippen molar-refractivity contribution in [2.45, 2.75) is 52.9 Å². The van der Waals surface area contributed by atoms with Crippen LogP contribution in [0.15, 0.2) is 0 Å². The smallest absolute Gasteiger partial charge is 0.0118 e. The molecular weight excluding hydrogens is 206 g/mol. The molecule has 0 aromatic rings. The zero-order chi connectivity index (χ0) is 12.7. The van der Waals surface area contributed by atoms with Crippen LogP contribution in [0.4, 0.5) is 0 Å². The predicted octanol–water partition coefficient (Wildman–Crippen LogP) is 3.70. The van der Waals surface area contributed by atoms with E-state index in [9.17, 15) is 0 Å². The highest BCUT2D eigenvalue weighted by molar-refractivity contribution is 4.92. The van der Waals surface area contributed by atoms with Crippen molar-refractivity contribution in [2.24, 2.45) is 23.7 Å². The summed E-state index contributed by atoms with van der Waals surface area (Å²) in [5.41, 5.74) is 0. The van der Waals surface area contributed by atoms with Gasteiger partial charge in [0, 0.05) is 6.42 Å². The molecule has 0 saturated heterocycles. The van der Waals surface area contributed by atoms with Gasteiger partial charge < -0.3 is 5.32 Å². The summed E-state index contributed by atoms with van der Waals surface area (Å²) < 4.78 is 0. The van der Waals surface area contributed by atoms with Crippen molar-refractivity contribution < 1.29 is 0 Å². The van der Waals surface area contributed by atoms with Crippen molar-refractivity contribution in [3.8, 4) is 12.3 Å². The summed E-state index contributed by atoms with van der Waals surface area (Å²) in [6.07, 6.45) is 11.8. The van der Waals surface area contributed by atoms with E-state index in [1.807, 2.05) is 0 Å². The van der Waals surface area contributed by atoms with Gasteiger partial charge in [-0.2, -0.15) is 0 Å². The Balaban J connectivity index is 2.45. The van der Waals surface area contributed by atoms with Crippen LogP contribution in [0.2, 0.25) is 0 Å². The van der Waals surface area contributed by atoms with Crippen molar-refractivity contribution in [3.63, 3.8) is 0 Å². The minimum atomic E-state index is 0.755. The number of nitrogens with one attached hydrogen (secondary N) is 1. The molecular formula is C16H29N. The summed E-state index contributed by atoms with van der Waals surface area (Å²) in [7, 11) is 0. The van der Waals surface area contributed by atoms with Gasteiger partial charge in [0.2, 0.25) is 0 Å². The Labute approximate surface area is 108 Å². The molecule has 0 amide bonds. The topological polar surface area (TPSA) is 12.0 Å². The lowest BCUT2D eigenvalue weighted by Crippen LogP contribution is -2.34. The second-order valence-electron chi connectivity index (χ2n) is 5.95. The molecule has 1 saturated carbocycles. The van der Waals surface area contributed by atoms with Crippen molar-refractivity contribution in [1.29, 1.82) is 0 Å².